The fourth-order valence-electron chi connectivity index (χ4n) is 1.99. The van der Waals surface area contributed by atoms with E-state index in [1.807, 2.05) is 0 Å². The summed E-state index contributed by atoms with van der Waals surface area (Å²) in [5.74, 6) is -1.79. The summed E-state index contributed by atoms with van der Waals surface area (Å²) in [5.41, 5.74) is 1.72. The van der Waals surface area contributed by atoms with E-state index in [-0.39, 0.29) is 12.0 Å². The van der Waals surface area contributed by atoms with Crippen molar-refractivity contribution in [1.29, 1.82) is 5.26 Å². The predicted molar refractivity (Wildman–Crippen MR) is 82.0 cm³/mol. The Bertz CT molecular complexity index is 779. The molecular formula is C17H13FN2O3. The fraction of sp³-hybridized carbons (Fsp3) is 0.118. The lowest BCUT2D eigenvalue weighted by molar-refractivity contribution is -0.115. The molecule has 1 amide bonds. The molecule has 0 atom stereocenters. The Balaban J connectivity index is 2.20. The number of nitriles is 1. The second-order valence-corrected chi connectivity index (χ2v) is 4.65. The first-order valence-corrected chi connectivity index (χ1v) is 6.70. The zero-order valence-electron chi connectivity index (χ0n) is 12.3. The number of amides is 1. The molecule has 116 valence electrons. The van der Waals surface area contributed by atoms with Gasteiger partial charge in [-0.2, -0.15) is 5.26 Å². The maximum atomic E-state index is 13.9. The van der Waals surface area contributed by atoms with Crippen LogP contribution in [0.1, 0.15) is 16.8 Å². The molecule has 2 aromatic rings. The summed E-state index contributed by atoms with van der Waals surface area (Å²) in [6, 6.07) is 12.7. The molecular weight excluding hydrogens is 299 g/mol. The largest absolute Gasteiger partial charge is 0.465 e. The van der Waals surface area contributed by atoms with Gasteiger partial charge in [-0.05, 0) is 35.4 Å². The van der Waals surface area contributed by atoms with Crippen LogP contribution < -0.4 is 5.32 Å². The van der Waals surface area contributed by atoms with Crippen molar-refractivity contribution in [3.05, 3.63) is 53.8 Å². The molecule has 0 radical (unpaired) electrons. The van der Waals surface area contributed by atoms with Gasteiger partial charge in [0, 0.05) is 5.69 Å². The Kier molecular flexibility index (Phi) is 5.05. The van der Waals surface area contributed by atoms with Gasteiger partial charge >= 0.3 is 5.97 Å². The quantitative estimate of drug-likeness (QED) is 0.880. The number of carbonyl (C=O) groups excluding carboxylic acids is 2. The first kappa shape index (κ1) is 16.2. The molecule has 2 aromatic carbocycles. The average molecular weight is 312 g/mol. The Morgan fingerprint density at radius 3 is 2.39 bits per heavy atom. The monoisotopic (exact) mass is 312 g/mol. The second-order valence-electron chi connectivity index (χ2n) is 4.65. The molecule has 0 heterocycles. The van der Waals surface area contributed by atoms with Crippen LogP contribution in [0, 0.1) is 17.1 Å². The van der Waals surface area contributed by atoms with Crippen molar-refractivity contribution in [2.75, 3.05) is 12.4 Å². The number of carbonyl (C=O) groups is 2. The molecule has 0 saturated heterocycles. The number of hydrogen-bond donors (Lipinski definition) is 1. The highest BCUT2D eigenvalue weighted by molar-refractivity contribution is 5.92. The Hall–Kier alpha value is -3.20. The molecule has 0 spiro atoms. The van der Waals surface area contributed by atoms with E-state index in [0.29, 0.717) is 11.3 Å². The van der Waals surface area contributed by atoms with E-state index in [2.05, 4.69) is 10.1 Å². The normalized spacial score (nSPS) is 9.78. The second kappa shape index (κ2) is 7.18. The molecule has 0 aliphatic carbocycles. The molecule has 0 aliphatic heterocycles. The van der Waals surface area contributed by atoms with Crippen molar-refractivity contribution in [2.24, 2.45) is 0 Å². The molecule has 5 nitrogen and oxygen atoms in total. The van der Waals surface area contributed by atoms with Crippen LogP contribution in [0.3, 0.4) is 0 Å². The summed E-state index contributed by atoms with van der Waals surface area (Å²) < 4.78 is 18.4. The molecule has 0 saturated carbocycles. The van der Waals surface area contributed by atoms with E-state index in [4.69, 9.17) is 5.26 Å². The SMILES string of the molecule is COC(=O)c1ccc(-c2ccc(NC(=O)CC#N)cc2)cc1F. The lowest BCUT2D eigenvalue weighted by Gasteiger charge is -2.07. The van der Waals surface area contributed by atoms with Gasteiger partial charge < -0.3 is 10.1 Å². The number of methoxy groups -OCH3 is 1. The van der Waals surface area contributed by atoms with Gasteiger partial charge in [-0.25, -0.2) is 9.18 Å². The average Bonchev–Trinajstić information content (AvgIpc) is 2.55. The highest BCUT2D eigenvalue weighted by Crippen LogP contribution is 2.24. The van der Waals surface area contributed by atoms with Gasteiger partial charge in [-0.1, -0.05) is 18.2 Å². The number of halogens is 1. The van der Waals surface area contributed by atoms with Crippen LogP contribution in [-0.2, 0) is 9.53 Å². The Labute approximate surface area is 132 Å². The van der Waals surface area contributed by atoms with Gasteiger partial charge in [-0.15, -0.1) is 0 Å². The summed E-state index contributed by atoms with van der Waals surface area (Å²) in [4.78, 5) is 22.7. The predicted octanol–water partition coefficient (Wildman–Crippen LogP) is 3.13. The van der Waals surface area contributed by atoms with Crippen molar-refractivity contribution in [3.8, 4) is 17.2 Å². The van der Waals surface area contributed by atoms with E-state index < -0.39 is 17.7 Å². The zero-order valence-corrected chi connectivity index (χ0v) is 12.3. The molecule has 1 N–H and O–H groups in total. The van der Waals surface area contributed by atoms with E-state index in [1.165, 1.54) is 19.2 Å². The molecule has 0 aromatic heterocycles. The summed E-state index contributed by atoms with van der Waals surface area (Å²) in [7, 11) is 1.19. The van der Waals surface area contributed by atoms with Crippen molar-refractivity contribution >= 4 is 17.6 Å². The van der Waals surface area contributed by atoms with Gasteiger partial charge in [0.15, 0.2) is 0 Å². The minimum absolute atomic E-state index is 0.128. The minimum Gasteiger partial charge on any atom is -0.465 e. The molecule has 23 heavy (non-hydrogen) atoms. The third kappa shape index (κ3) is 3.92. The summed E-state index contributed by atoms with van der Waals surface area (Å²) >= 11 is 0. The van der Waals surface area contributed by atoms with Crippen LogP contribution in [0.4, 0.5) is 10.1 Å². The van der Waals surface area contributed by atoms with Gasteiger partial charge in [0.05, 0.1) is 18.7 Å². The molecule has 6 heteroatoms. The summed E-state index contributed by atoms with van der Waals surface area (Å²) in [6.45, 7) is 0. The van der Waals surface area contributed by atoms with Gasteiger partial charge in [0.2, 0.25) is 5.91 Å². The van der Waals surface area contributed by atoms with E-state index in [1.54, 1.807) is 36.4 Å². The highest BCUT2D eigenvalue weighted by Gasteiger charge is 2.13. The number of nitrogens with one attached hydrogen (secondary N) is 1. The number of esters is 1. The number of rotatable bonds is 4. The maximum Gasteiger partial charge on any atom is 0.340 e. The number of anilines is 1. The van der Waals surface area contributed by atoms with E-state index >= 15 is 0 Å². The minimum atomic E-state index is -0.732. The van der Waals surface area contributed by atoms with E-state index in [0.717, 1.165) is 5.56 Å². The Morgan fingerprint density at radius 1 is 1.17 bits per heavy atom. The van der Waals surface area contributed by atoms with Crippen LogP contribution in [0.2, 0.25) is 0 Å². The van der Waals surface area contributed by atoms with Crippen LogP contribution >= 0.6 is 0 Å². The molecule has 0 bridgehead atoms. The third-order valence-corrected chi connectivity index (χ3v) is 3.12. The number of ether oxygens (including phenoxy) is 1. The molecule has 0 fully saturated rings. The van der Waals surface area contributed by atoms with Crippen LogP contribution in [0.25, 0.3) is 11.1 Å². The smallest absolute Gasteiger partial charge is 0.340 e. The highest BCUT2D eigenvalue weighted by atomic mass is 19.1. The molecule has 2 rings (SSSR count). The van der Waals surface area contributed by atoms with Crippen LogP contribution in [0.5, 0.6) is 0 Å². The number of benzene rings is 2. The summed E-state index contributed by atoms with van der Waals surface area (Å²) in [5, 5.41) is 11.0. The topological polar surface area (TPSA) is 79.2 Å². The van der Waals surface area contributed by atoms with Crippen molar-refractivity contribution in [3.63, 3.8) is 0 Å². The first-order chi connectivity index (χ1) is 11.0. The lowest BCUT2D eigenvalue weighted by Crippen LogP contribution is -2.09. The first-order valence-electron chi connectivity index (χ1n) is 6.70. The van der Waals surface area contributed by atoms with Gasteiger partial charge in [0.25, 0.3) is 0 Å². The maximum absolute atomic E-state index is 13.9. The lowest BCUT2D eigenvalue weighted by atomic mass is 10.0. The van der Waals surface area contributed by atoms with Gasteiger partial charge in [-0.3, -0.25) is 4.79 Å². The number of nitrogens with zero attached hydrogens (tertiary/aromatic N) is 1. The van der Waals surface area contributed by atoms with E-state index in [9.17, 15) is 14.0 Å². The van der Waals surface area contributed by atoms with Crippen molar-refractivity contribution < 1.29 is 18.7 Å². The fourth-order valence-corrected chi connectivity index (χ4v) is 1.99. The zero-order chi connectivity index (χ0) is 16.8. The van der Waals surface area contributed by atoms with Crippen LogP contribution in [-0.4, -0.2) is 19.0 Å². The Morgan fingerprint density at radius 2 is 1.83 bits per heavy atom. The molecule has 0 unspecified atom stereocenters. The third-order valence-electron chi connectivity index (χ3n) is 3.12. The van der Waals surface area contributed by atoms with Crippen molar-refractivity contribution in [1.82, 2.24) is 0 Å². The van der Waals surface area contributed by atoms with Gasteiger partial charge in [0.1, 0.15) is 12.2 Å². The number of hydrogen-bond acceptors (Lipinski definition) is 4. The van der Waals surface area contributed by atoms with Crippen molar-refractivity contribution in [2.45, 2.75) is 6.42 Å². The van der Waals surface area contributed by atoms with Crippen LogP contribution in [0.15, 0.2) is 42.5 Å². The molecule has 0 aliphatic rings. The summed E-state index contributed by atoms with van der Waals surface area (Å²) in [6.07, 6.45) is -0.220. The standard InChI is InChI=1S/C17H13FN2O3/c1-23-17(22)14-7-4-12(10-15(14)18)11-2-5-13(6-3-11)20-16(21)8-9-19/h2-7,10H,8H2,1H3,(H,20,21).